The summed E-state index contributed by atoms with van der Waals surface area (Å²) in [5.74, 6) is -2.08. The molecule has 3 rings (SSSR count). The van der Waals surface area contributed by atoms with E-state index < -0.39 is 17.7 Å². The second-order valence-electron chi connectivity index (χ2n) is 5.79. The number of amides is 2. The van der Waals surface area contributed by atoms with Crippen molar-refractivity contribution in [2.45, 2.75) is 13.5 Å². The van der Waals surface area contributed by atoms with Crippen LogP contribution in [-0.4, -0.2) is 23.1 Å². The van der Waals surface area contributed by atoms with Gasteiger partial charge in [0.1, 0.15) is 6.61 Å². The number of benzene rings is 2. The zero-order chi connectivity index (χ0) is 18.5. The molecule has 0 bridgehead atoms. The van der Waals surface area contributed by atoms with Crippen LogP contribution >= 0.6 is 12.2 Å². The average molecular weight is 367 g/mol. The summed E-state index contributed by atoms with van der Waals surface area (Å²) < 4.78 is 0. The number of hydrogen-bond acceptors (Lipinski definition) is 5. The smallest absolute Gasteiger partial charge is 0.251 e. The molecule has 6 nitrogen and oxygen atoms in total. The van der Waals surface area contributed by atoms with E-state index in [1.165, 1.54) is 11.1 Å². The van der Waals surface area contributed by atoms with E-state index in [1.54, 1.807) is 12.1 Å². The minimum absolute atomic E-state index is 0.0544. The molecule has 1 aliphatic rings. The first-order valence-electron chi connectivity index (χ1n) is 8.01. The summed E-state index contributed by atoms with van der Waals surface area (Å²) >= 11 is 5.15. The summed E-state index contributed by atoms with van der Waals surface area (Å²) in [6.07, 6.45) is 1.20. The SMILES string of the molecule is Cc1ccc(N2C(=O)[C@H](/C=N\OCc3ccccc3)C(=O)NC2=S)cc1. The molecule has 2 amide bonds. The van der Waals surface area contributed by atoms with Gasteiger partial charge in [0.25, 0.3) is 5.91 Å². The molecule has 0 aromatic heterocycles. The second kappa shape index (κ2) is 7.88. The van der Waals surface area contributed by atoms with Gasteiger partial charge in [-0.2, -0.15) is 0 Å². The Hall–Kier alpha value is -3.06. The quantitative estimate of drug-likeness (QED) is 0.382. The average Bonchev–Trinajstić information content (AvgIpc) is 2.63. The molecular formula is C19H17N3O3S. The van der Waals surface area contributed by atoms with Crippen LogP contribution in [0.15, 0.2) is 59.8 Å². The topological polar surface area (TPSA) is 71.0 Å². The number of thiocarbonyl (C=S) groups is 1. The predicted molar refractivity (Wildman–Crippen MR) is 103 cm³/mol. The number of nitrogens with zero attached hydrogens (tertiary/aromatic N) is 2. The van der Waals surface area contributed by atoms with Crippen LogP contribution in [-0.2, 0) is 21.0 Å². The van der Waals surface area contributed by atoms with Gasteiger partial charge in [-0.05, 0) is 36.8 Å². The Kier molecular flexibility index (Phi) is 5.38. The van der Waals surface area contributed by atoms with E-state index in [0.717, 1.165) is 11.1 Å². The number of aryl methyl sites for hydroxylation is 1. The van der Waals surface area contributed by atoms with Crippen LogP contribution in [0.5, 0.6) is 0 Å². The zero-order valence-electron chi connectivity index (χ0n) is 14.1. The Morgan fingerprint density at radius 1 is 1.15 bits per heavy atom. The predicted octanol–water partition coefficient (Wildman–Crippen LogP) is 2.56. The molecule has 132 valence electrons. The molecule has 2 aromatic rings. The first-order chi connectivity index (χ1) is 12.6. The number of carbonyl (C=O) groups is 2. The van der Waals surface area contributed by atoms with Crippen LogP contribution in [0, 0.1) is 12.8 Å². The highest BCUT2D eigenvalue weighted by molar-refractivity contribution is 7.80. The van der Waals surface area contributed by atoms with E-state index in [2.05, 4.69) is 10.5 Å². The summed E-state index contributed by atoms with van der Waals surface area (Å²) in [5.41, 5.74) is 2.58. The van der Waals surface area contributed by atoms with E-state index >= 15 is 0 Å². The first-order valence-corrected chi connectivity index (χ1v) is 8.42. The maximum atomic E-state index is 12.7. The molecule has 0 radical (unpaired) electrons. The van der Waals surface area contributed by atoms with Crippen molar-refractivity contribution in [2.24, 2.45) is 11.1 Å². The molecule has 0 aliphatic carbocycles. The first kappa shape index (κ1) is 17.8. The third-order valence-electron chi connectivity index (χ3n) is 3.85. The molecule has 0 unspecified atom stereocenters. The van der Waals surface area contributed by atoms with Crippen LogP contribution < -0.4 is 10.2 Å². The number of rotatable bonds is 5. The summed E-state index contributed by atoms with van der Waals surface area (Å²) in [6.45, 7) is 2.20. The van der Waals surface area contributed by atoms with Crippen LogP contribution in [0.4, 0.5) is 5.69 Å². The van der Waals surface area contributed by atoms with Crippen LogP contribution in [0.3, 0.4) is 0 Å². The minimum Gasteiger partial charge on any atom is -0.391 e. The molecule has 1 fully saturated rings. The van der Waals surface area contributed by atoms with Crippen LogP contribution in [0.2, 0.25) is 0 Å². The lowest BCUT2D eigenvalue weighted by Gasteiger charge is -2.30. The normalized spacial score (nSPS) is 17.5. The van der Waals surface area contributed by atoms with Crippen molar-refractivity contribution in [1.29, 1.82) is 0 Å². The Bertz CT molecular complexity index is 850. The molecule has 2 aromatic carbocycles. The third kappa shape index (κ3) is 3.94. The summed E-state index contributed by atoms with van der Waals surface area (Å²) in [5, 5.41) is 6.37. The lowest BCUT2D eigenvalue weighted by molar-refractivity contribution is -0.130. The lowest BCUT2D eigenvalue weighted by atomic mass is 10.1. The Labute approximate surface area is 156 Å². The fraction of sp³-hybridized carbons (Fsp3) is 0.158. The van der Waals surface area contributed by atoms with Gasteiger partial charge in [0, 0.05) is 0 Å². The number of hydrogen-bond donors (Lipinski definition) is 1. The fourth-order valence-electron chi connectivity index (χ4n) is 2.45. The molecule has 0 spiro atoms. The number of nitrogens with one attached hydrogen (secondary N) is 1. The van der Waals surface area contributed by atoms with Gasteiger partial charge in [-0.1, -0.05) is 53.2 Å². The molecule has 1 N–H and O–H groups in total. The maximum Gasteiger partial charge on any atom is 0.251 e. The van der Waals surface area contributed by atoms with Gasteiger partial charge in [0.05, 0.1) is 11.9 Å². The van der Waals surface area contributed by atoms with Crippen LogP contribution in [0.1, 0.15) is 11.1 Å². The maximum absolute atomic E-state index is 12.7. The Balaban J connectivity index is 1.71. The van der Waals surface area contributed by atoms with E-state index in [9.17, 15) is 9.59 Å². The highest BCUT2D eigenvalue weighted by Crippen LogP contribution is 2.20. The molecule has 26 heavy (non-hydrogen) atoms. The van der Waals surface area contributed by atoms with E-state index in [-0.39, 0.29) is 11.7 Å². The molecular weight excluding hydrogens is 350 g/mol. The van der Waals surface area contributed by atoms with E-state index in [4.69, 9.17) is 17.1 Å². The molecule has 1 aliphatic heterocycles. The monoisotopic (exact) mass is 367 g/mol. The number of carbonyl (C=O) groups excluding carboxylic acids is 2. The van der Waals surface area contributed by atoms with Crippen molar-refractivity contribution < 1.29 is 14.4 Å². The second-order valence-corrected chi connectivity index (χ2v) is 6.18. The molecule has 1 atom stereocenters. The minimum atomic E-state index is -1.10. The van der Waals surface area contributed by atoms with Gasteiger partial charge in [-0.15, -0.1) is 0 Å². The summed E-state index contributed by atoms with van der Waals surface area (Å²) in [6, 6.07) is 16.8. The molecule has 1 heterocycles. The summed E-state index contributed by atoms with van der Waals surface area (Å²) in [7, 11) is 0. The highest BCUT2D eigenvalue weighted by Gasteiger charge is 2.38. The van der Waals surface area contributed by atoms with Crippen molar-refractivity contribution in [3.8, 4) is 0 Å². The molecule has 7 heteroatoms. The van der Waals surface area contributed by atoms with Gasteiger partial charge in [0.2, 0.25) is 5.91 Å². The van der Waals surface area contributed by atoms with Crippen LogP contribution in [0.25, 0.3) is 0 Å². The third-order valence-corrected chi connectivity index (χ3v) is 4.14. The van der Waals surface area contributed by atoms with Crippen molar-refractivity contribution in [1.82, 2.24) is 5.32 Å². The fourth-order valence-corrected chi connectivity index (χ4v) is 2.75. The Morgan fingerprint density at radius 2 is 1.85 bits per heavy atom. The van der Waals surface area contributed by atoms with Crippen molar-refractivity contribution in [2.75, 3.05) is 4.90 Å². The number of oxime groups is 1. The standard InChI is InChI=1S/C19H17N3O3S/c1-13-7-9-15(10-8-13)22-18(24)16(17(23)21-19(22)26)11-20-25-12-14-5-3-2-4-6-14/h2-11,16H,12H2,1H3,(H,21,23,26)/b20-11-/t16-/m1/s1. The highest BCUT2D eigenvalue weighted by atomic mass is 32.1. The van der Waals surface area contributed by atoms with Gasteiger partial charge < -0.3 is 10.2 Å². The van der Waals surface area contributed by atoms with E-state index in [0.29, 0.717) is 5.69 Å². The Morgan fingerprint density at radius 3 is 2.54 bits per heavy atom. The summed E-state index contributed by atoms with van der Waals surface area (Å²) in [4.78, 5) is 31.3. The van der Waals surface area contributed by atoms with Gasteiger partial charge in [0.15, 0.2) is 11.0 Å². The van der Waals surface area contributed by atoms with Gasteiger partial charge in [-0.3, -0.25) is 14.5 Å². The van der Waals surface area contributed by atoms with Gasteiger partial charge in [-0.25, -0.2) is 0 Å². The molecule has 1 saturated heterocycles. The molecule has 0 saturated carbocycles. The van der Waals surface area contributed by atoms with E-state index in [1.807, 2.05) is 49.4 Å². The largest absolute Gasteiger partial charge is 0.391 e. The zero-order valence-corrected chi connectivity index (χ0v) is 14.9. The van der Waals surface area contributed by atoms with Crippen molar-refractivity contribution >= 4 is 41.0 Å². The lowest BCUT2D eigenvalue weighted by Crippen LogP contribution is -2.58. The van der Waals surface area contributed by atoms with Crippen molar-refractivity contribution in [3.05, 3.63) is 65.7 Å². The number of anilines is 1. The van der Waals surface area contributed by atoms with Crippen molar-refractivity contribution in [3.63, 3.8) is 0 Å². The van der Waals surface area contributed by atoms with Gasteiger partial charge >= 0.3 is 0 Å².